The molecule has 2 aromatic carbocycles. The van der Waals surface area contributed by atoms with E-state index in [4.69, 9.17) is 18.3 Å². The van der Waals surface area contributed by atoms with E-state index < -0.39 is 16.6 Å². The molecule has 0 N–H and O–H groups in total. The molecule has 0 aliphatic heterocycles. The van der Waals surface area contributed by atoms with E-state index in [1.165, 1.54) is 3.21 Å². The summed E-state index contributed by atoms with van der Waals surface area (Å²) in [5, 5.41) is 0. The molecule has 0 radical (unpaired) electrons. The van der Waals surface area contributed by atoms with Crippen molar-refractivity contribution < 1.29 is 67.4 Å². The Morgan fingerprint density at radius 1 is 0.767 bits per heavy atom. The molecule has 0 heterocycles. The minimum absolute atomic E-state index is 0. The molecule has 0 saturated carbocycles. The van der Waals surface area contributed by atoms with Gasteiger partial charge in [-0.25, -0.2) is 12.1 Å². The minimum atomic E-state index is -1.42. The minimum Gasteiger partial charge on any atom is -1.00 e. The fraction of sp³-hybridized carbons (Fsp3) is 0.476. The molecule has 0 amide bonds. The van der Waals surface area contributed by atoms with Gasteiger partial charge < -0.3 is 43.1 Å². The summed E-state index contributed by atoms with van der Waals surface area (Å²) >= 11 is 1.55. The maximum atomic E-state index is 5.52. The van der Waals surface area contributed by atoms with E-state index in [-0.39, 0.29) is 24.8 Å². The van der Waals surface area contributed by atoms with Gasteiger partial charge in [0.05, 0.1) is 0 Å². The van der Waals surface area contributed by atoms with Crippen LogP contribution in [0.1, 0.15) is 13.8 Å². The molecule has 9 heteroatoms. The van der Waals surface area contributed by atoms with Crippen molar-refractivity contribution in [1.82, 2.24) is 0 Å². The summed E-state index contributed by atoms with van der Waals surface area (Å²) in [6.07, 6.45) is 0. The van der Waals surface area contributed by atoms with Gasteiger partial charge in [-0.15, -0.1) is 12.1 Å². The Morgan fingerprint density at radius 3 is 1.27 bits per heavy atom. The summed E-state index contributed by atoms with van der Waals surface area (Å²) in [5.74, 6) is 1.77. The number of hydrogen-bond donors (Lipinski definition) is 0. The van der Waals surface area contributed by atoms with Gasteiger partial charge in [-0.1, -0.05) is 0 Å². The van der Waals surface area contributed by atoms with Crippen LogP contribution in [0.25, 0.3) is 0 Å². The molecular formula is C21H36Cl2O4Si2Zr-2. The van der Waals surface area contributed by atoms with E-state index >= 15 is 0 Å². The Bertz CT molecular complexity index is 568. The molecule has 4 nitrogen and oxygen atoms in total. The van der Waals surface area contributed by atoms with Gasteiger partial charge in [0, 0.05) is 11.5 Å². The normalized spacial score (nSPS) is 10.2. The molecule has 0 spiro atoms. The van der Waals surface area contributed by atoms with Crippen LogP contribution in [0.4, 0.5) is 0 Å². The fourth-order valence-electron chi connectivity index (χ4n) is 1.45. The topological polar surface area (TPSA) is 36.9 Å². The zero-order chi connectivity index (χ0) is 21.6. The van der Waals surface area contributed by atoms with E-state index in [9.17, 15) is 0 Å². The van der Waals surface area contributed by atoms with Gasteiger partial charge in [0.2, 0.25) is 0 Å². The summed E-state index contributed by atoms with van der Waals surface area (Å²) in [6.45, 7) is 17.8. The average Bonchev–Trinajstić information content (AvgIpc) is 3.18. The van der Waals surface area contributed by atoms with Crippen LogP contribution < -0.4 is 34.3 Å². The summed E-state index contributed by atoms with van der Waals surface area (Å²) in [5.41, 5.74) is 0. The van der Waals surface area contributed by atoms with Gasteiger partial charge in [-0.05, 0) is 39.3 Å². The molecule has 0 aliphatic carbocycles. The predicted molar refractivity (Wildman–Crippen MR) is 120 cm³/mol. The number of halogens is 2. The Labute approximate surface area is 212 Å². The molecule has 0 bridgehead atoms. The van der Waals surface area contributed by atoms with Crippen molar-refractivity contribution in [3.8, 4) is 11.5 Å². The SMILES string of the molecule is C[C](C)=[Zr+2].C[Si](C)(C)OCOc1ccc[cH-]1.C[Si](C)(C)OCOc1ccc[cH-]1.[Cl-].[Cl-]. The zero-order valence-corrected chi connectivity index (χ0v) is 25.4. The predicted octanol–water partition coefficient (Wildman–Crippen LogP) is -0.0600. The van der Waals surface area contributed by atoms with Crippen molar-refractivity contribution in [2.45, 2.75) is 53.1 Å². The first kappa shape index (κ1) is 34.6. The smallest absolute Gasteiger partial charge is 0.188 e. The molecule has 0 atom stereocenters. The standard InChI is InChI=1S/2C9H15O2Si.C3H6.2ClH.Zr/c2*1-12(2,3)11-8-10-9-6-4-5-7-9;1-3-2;;;/h2*4-7H,8H2,1-3H3;1-2H3;2*1H;/q2*-1;;;;+2/p-2. The Kier molecular flexibility index (Phi) is 21.4. The Hall–Kier alpha value is -0.0131. The molecule has 0 fully saturated rings. The van der Waals surface area contributed by atoms with Crippen LogP contribution in [0.3, 0.4) is 0 Å². The average molecular weight is 571 g/mol. The van der Waals surface area contributed by atoms with Crippen LogP contribution in [0, 0.1) is 0 Å². The van der Waals surface area contributed by atoms with Crippen molar-refractivity contribution in [2.75, 3.05) is 13.6 Å². The van der Waals surface area contributed by atoms with Crippen molar-refractivity contribution in [3.05, 3.63) is 48.5 Å². The molecule has 0 saturated heterocycles. The van der Waals surface area contributed by atoms with Crippen LogP contribution in [-0.2, 0) is 33.1 Å². The molecule has 2 rings (SSSR count). The Morgan fingerprint density at radius 2 is 1.07 bits per heavy atom. The van der Waals surface area contributed by atoms with Crippen molar-refractivity contribution >= 4 is 19.8 Å². The first-order valence-corrected chi connectivity index (χ1v) is 17.4. The monoisotopic (exact) mass is 568 g/mol. The third kappa shape index (κ3) is 26.0. The van der Waals surface area contributed by atoms with Crippen LogP contribution in [-0.4, -0.2) is 33.4 Å². The van der Waals surface area contributed by atoms with Gasteiger partial charge in [0.25, 0.3) is 0 Å². The maximum Gasteiger partial charge on any atom is 0.188 e. The van der Waals surface area contributed by atoms with Crippen molar-refractivity contribution in [2.24, 2.45) is 0 Å². The third-order valence-corrected chi connectivity index (χ3v) is 4.67. The summed E-state index contributed by atoms with van der Waals surface area (Å²) in [6, 6.07) is 15.5. The summed E-state index contributed by atoms with van der Waals surface area (Å²) < 4.78 is 23.2. The number of ether oxygens (including phenoxy) is 2. The van der Waals surface area contributed by atoms with Gasteiger partial charge >= 0.3 is 41.3 Å². The maximum absolute atomic E-state index is 5.52. The Balaban J connectivity index is -0.000000391. The first-order valence-electron chi connectivity index (χ1n) is 9.38. The van der Waals surface area contributed by atoms with Crippen LogP contribution in [0.5, 0.6) is 11.5 Å². The van der Waals surface area contributed by atoms with Gasteiger partial charge in [-0.3, -0.25) is 0 Å². The zero-order valence-electron chi connectivity index (χ0n) is 19.4. The summed E-state index contributed by atoms with van der Waals surface area (Å²) in [7, 11) is -2.83. The second-order valence-corrected chi connectivity index (χ2v) is 19.8. The van der Waals surface area contributed by atoms with E-state index in [0.29, 0.717) is 13.6 Å². The van der Waals surface area contributed by atoms with E-state index in [1.807, 2.05) is 48.5 Å². The molecule has 30 heavy (non-hydrogen) atoms. The largest absolute Gasteiger partial charge is 1.00 e. The third-order valence-electron chi connectivity index (χ3n) is 2.70. The van der Waals surface area contributed by atoms with Crippen LogP contribution in [0.2, 0.25) is 39.3 Å². The van der Waals surface area contributed by atoms with Crippen LogP contribution in [0.15, 0.2) is 48.5 Å². The van der Waals surface area contributed by atoms with Gasteiger partial charge in [0.15, 0.2) is 30.2 Å². The second-order valence-electron chi connectivity index (χ2n) is 8.28. The first-order chi connectivity index (χ1) is 12.9. The van der Waals surface area contributed by atoms with Crippen LogP contribution >= 0.6 is 0 Å². The van der Waals surface area contributed by atoms with E-state index in [0.717, 1.165) is 11.5 Å². The molecule has 0 unspecified atom stereocenters. The van der Waals surface area contributed by atoms with Crippen molar-refractivity contribution in [1.29, 1.82) is 0 Å². The summed E-state index contributed by atoms with van der Waals surface area (Å²) in [4.78, 5) is 0. The number of hydrogen-bond acceptors (Lipinski definition) is 4. The van der Waals surface area contributed by atoms with Gasteiger partial charge in [0.1, 0.15) is 0 Å². The molecule has 2 aromatic rings. The molecular weight excluding hydrogens is 535 g/mol. The van der Waals surface area contributed by atoms with Gasteiger partial charge in [-0.2, -0.15) is 24.3 Å². The molecule has 0 aromatic heterocycles. The molecule has 0 aliphatic rings. The quantitative estimate of drug-likeness (QED) is 0.253. The van der Waals surface area contributed by atoms with E-state index in [2.05, 4.69) is 53.1 Å². The molecule has 172 valence electrons. The second kappa shape index (κ2) is 18.5. The fourth-order valence-corrected chi connectivity index (χ4v) is 2.28. The van der Waals surface area contributed by atoms with E-state index in [1.54, 1.807) is 24.2 Å². The van der Waals surface area contributed by atoms with Crippen molar-refractivity contribution in [3.63, 3.8) is 0 Å². The number of rotatable bonds is 8.